The van der Waals surface area contributed by atoms with Gasteiger partial charge in [0.05, 0.1) is 11.7 Å². The van der Waals surface area contributed by atoms with E-state index in [4.69, 9.17) is 0 Å². The molecule has 1 N–H and O–H groups in total. The minimum absolute atomic E-state index is 0.469. The first-order valence-electron chi connectivity index (χ1n) is 4.82. The van der Waals surface area contributed by atoms with Crippen molar-refractivity contribution in [1.82, 2.24) is 15.1 Å². The second-order valence-corrected chi connectivity index (χ2v) is 3.71. The van der Waals surface area contributed by atoms with E-state index in [1.807, 2.05) is 30.9 Å². The highest BCUT2D eigenvalue weighted by molar-refractivity contribution is 4.95. The van der Waals surface area contributed by atoms with E-state index < -0.39 is 0 Å². The van der Waals surface area contributed by atoms with Crippen molar-refractivity contribution in [2.45, 2.75) is 39.3 Å². The van der Waals surface area contributed by atoms with Gasteiger partial charge in [0.25, 0.3) is 0 Å². The quantitative estimate of drug-likeness (QED) is 0.767. The van der Waals surface area contributed by atoms with Gasteiger partial charge < -0.3 is 5.32 Å². The van der Waals surface area contributed by atoms with Gasteiger partial charge in [-0.15, -0.1) is 0 Å². The zero-order chi connectivity index (χ0) is 9.84. The number of rotatable bonds is 4. The summed E-state index contributed by atoms with van der Waals surface area (Å²) in [6.07, 6.45) is 3.15. The molecule has 0 fully saturated rings. The van der Waals surface area contributed by atoms with E-state index in [0.717, 1.165) is 12.1 Å². The highest BCUT2D eigenvalue weighted by Crippen LogP contribution is 2.11. The van der Waals surface area contributed by atoms with E-state index in [1.165, 1.54) is 0 Å². The Bertz CT molecular complexity index is 254. The van der Waals surface area contributed by atoms with Crippen molar-refractivity contribution in [3.8, 4) is 0 Å². The van der Waals surface area contributed by atoms with E-state index in [2.05, 4.69) is 24.3 Å². The van der Waals surface area contributed by atoms with Gasteiger partial charge in [0.2, 0.25) is 0 Å². The third-order valence-corrected chi connectivity index (χ3v) is 2.38. The topological polar surface area (TPSA) is 29.9 Å². The lowest BCUT2D eigenvalue weighted by atomic mass is 10.1. The SMILES string of the molecule is CNC(C)CC(C)n1ccc(C)n1. The van der Waals surface area contributed by atoms with Gasteiger partial charge in [0.15, 0.2) is 0 Å². The van der Waals surface area contributed by atoms with Crippen molar-refractivity contribution in [1.29, 1.82) is 0 Å². The molecule has 0 bridgehead atoms. The molecule has 0 amide bonds. The summed E-state index contributed by atoms with van der Waals surface area (Å²) in [6, 6.07) is 3.05. The smallest absolute Gasteiger partial charge is 0.0593 e. The molecule has 1 aromatic heterocycles. The monoisotopic (exact) mass is 181 g/mol. The van der Waals surface area contributed by atoms with Crippen LogP contribution in [0.4, 0.5) is 0 Å². The average molecular weight is 181 g/mol. The Kier molecular flexibility index (Phi) is 3.48. The molecular weight excluding hydrogens is 162 g/mol. The molecule has 3 heteroatoms. The molecule has 1 rings (SSSR count). The standard InChI is InChI=1S/C10H19N3/c1-8-5-6-13(12-8)10(3)7-9(2)11-4/h5-6,9-11H,7H2,1-4H3. The Hall–Kier alpha value is -0.830. The zero-order valence-corrected chi connectivity index (χ0v) is 8.91. The Balaban J connectivity index is 2.53. The molecule has 0 spiro atoms. The Labute approximate surface area is 80.1 Å². The summed E-state index contributed by atoms with van der Waals surface area (Å²) in [5, 5.41) is 7.62. The summed E-state index contributed by atoms with van der Waals surface area (Å²) in [6.45, 7) is 6.40. The first kappa shape index (κ1) is 10.3. The van der Waals surface area contributed by atoms with E-state index >= 15 is 0 Å². The van der Waals surface area contributed by atoms with Crippen LogP contribution < -0.4 is 5.32 Å². The van der Waals surface area contributed by atoms with Crippen LogP contribution in [0.3, 0.4) is 0 Å². The molecule has 3 nitrogen and oxygen atoms in total. The molecule has 0 saturated heterocycles. The van der Waals surface area contributed by atoms with Crippen molar-refractivity contribution < 1.29 is 0 Å². The maximum absolute atomic E-state index is 4.39. The maximum atomic E-state index is 4.39. The molecular formula is C10H19N3. The van der Waals surface area contributed by atoms with Crippen LogP contribution in [0.5, 0.6) is 0 Å². The summed E-state index contributed by atoms with van der Waals surface area (Å²) in [4.78, 5) is 0. The number of nitrogens with one attached hydrogen (secondary N) is 1. The second kappa shape index (κ2) is 4.42. The van der Waals surface area contributed by atoms with Crippen LogP contribution in [0.15, 0.2) is 12.3 Å². The molecule has 2 atom stereocenters. The van der Waals surface area contributed by atoms with E-state index in [1.54, 1.807) is 0 Å². The van der Waals surface area contributed by atoms with Crippen molar-refractivity contribution in [2.24, 2.45) is 0 Å². The van der Waals surface area contributed by atoms with Gasteiger partial charge in [-0.25, -0.2) is 0 Å². The van der Waals surface area contributed by atoms with E-state index in [0.29, 0.717) is 12.1 Å². The van der Waals surface area contributed by atoms with Gasteiger partial charge in [0.1, 0.15) is 0 Å². The summed E-state index contributed by atoms with van der Waals surface area (Å²) in [5.41, 5.74) is 1.09. The number of nitrogens with zero attached hydrogens (tertiary/aromatic N) is 2. The minimum atomic E-state index is 0.469. The van der Waals surface area contributed by atoms with Crippen LogP contribution in [0, 0.1) is 6.92 Å². The molecule has 1 heterocycles. The Morgan fingerprint density at radius 3 is 2.69 bits per heavy atom. The van der Waals surface area contributed by atoms with Gasteiger partial charge >= 0.3 is 0 Å². The fraction of sp³-hybridized carbons (Fsp3) is 0.700. The summed E-state index contributed by atoms with van der Waals surface area (Å²) >= 11 is 0. The summed E-state index contributed by atoms with van der Waals surface area (Å²) in [7, 11) is 1.99. The van der Waals surface area contributed by atoms with Gasteiger partial charge in [-0.3, -0.25) is 4.68 Å². The second-order valence-electron chi connectivity index (χ2n) is 3.71. The predicted octanol–water partition coefficient (Wildman–Crippen LogP) is 1.75. The molecule has 0 aromatic carbocycles. The van der Waals surface area contributed by atoms with Crippen LogP contribution >= 0.6 is 0 Å². The number of hydrogen-bond acceptors (Lipinski definition) is 2. The van der Waals surface area contributed by atoms with Crippen LogP contribution in [0.1, 0.15) is 32.0 Å². The average Bonchev–Trinajstić information content (AvgIpc) is 2.51. The molecule has 0 radical (unpaired) electrons. The summed E-state index contributed by atoms with van der Waals surface area (Å²) in [5.74, 6) is 0. The Morgan fingerprint density at radius 1 is 1.54 bits per heavy atom. The Morgan fingerprint density at radius 2 is 2.23 bits per heavy atom. The van der Waals surface area contributed by atoms with E-state index in [9.17, 15) is 0 Å². The fourth-order valence-electron chi connectivity index (χ4n) is 1.42. The van der Waals surface area contributed by atoms with Gasteiger partial charge in [-0.1, -0.05) is 0 Å². The predicted molar refractivity (Wildman–Crippen MR) is 54.8 cm³/mol. The molecule has 0 saturated carbocycles. The van der Waals surface area contributed by atoms with Gasteiger partial charge in [-0.2, -0.15) is 5.10 Å². The third kappa shape index (κ3) is 2.84. The first-order chi connectivity index (χ1) is 6.13. The molecule has 1 aromatic rings. The fourth-order valence-corrected chi connectivity index (χ4v) is 1.42. The lowest BCUT2D eigenvalue weighted by molar-refractivity contribution is 0.401. The van der Waals surface area contributed by atoms with Crippen LogP contribution in [-0.4, -0.2) is 22.9 Å². The maximum Gasteiger partial charge on any atom is 0.0593 e. The molecule has 74 valence electrons. The first-order valence-corrected chi connectivity index (χ1v) is 4.82. The molecule has 13 heavy (non-hydrogen) atoms. The van der Waals surface area contributed by atoms with Crippen molar-refractivity contribution >= 4 is 0 Å². The summed E-state index contributed by atoms with van der Waals surface area (Å²) < 4.78 is 2.03. The number of hydrogen-bond donors (Lipinski definition) is 1. The van der Waals surface area contributed by atoms with Gasteiger partial charge in [-0.05, 0) is 40.3 Å². The molecule has 0 aliphatic carbocycles. The molecule has 2 unspecified atom stereocenters. The number of aryl methyl sites for hydroxylation is 1. The highest BCUT2D eigenvalue weighted by atomic mass is 15.3. The number of aromatic nitrogens is 2. The lowest BCUT2D eigenvalue weighted by Crippen LogP contribution is -2.24. The largest absolute Gasteiger partial charge is 0.317 e. The van der Waals surface area contributed by atoms with Crippen molar-refractivity contribution in [3.05, 3.63) is 18.0 Å². The molecule has 0 aliphatic heterocycles. The van der Waals surface area contributed by atoms with Crippen LogP contribution in [0.25, 0.3) is 0 Å². The normalized spacial score (nSPS) is 15.7. The highest BCUT2D eigenvalue weighted by Gasteiger charge is 2.08. The van der Waals surface area contributed by atoms with Crippen molar-refractivity contribution in [3.63, 3.8) is 0 Å². The molecule has 0 aliphatic rings. The van der Waals surface area contributed by atoms with Crippen molar-refractivity contribution in [2.75, 3.05) is 7.05 Å². The van der Waals surface area contributed by atoms with Gasteiger partial charge in [0, 0.05) is 12.2 Å². The minimum Gasteiger partial charge on any atom is -0.317 e. The van der Waals surface area contributed by atoms with Crippen LogP contribution in [-0.2, 0) is 0 Å². The van der Waals surface area contributed by atoms with Crippen LogP contribution in [0.2, 0.25) is 0 Å². The van der Waals surface area contributed by atoms with E-state index in [-0.39, 0.29) is 0 Å². The zero-order valence-electron chi connectivity index (χ0n) is 8.91. The third-order valence-electron chi connectivity index (χ3n) is 2.38. The lowest BCUT2D eigenvalue weighted by Gasteiger charge is -2.16.